The average molecular weight is 320 g/mol. The van der Waals surface area contributed by atoms with E-state index in [-0.39, 0.29) is 0 Å². The fraction of sp³-hybridized carbons (Fsp3) is 0.222. The zero-order chi connectivity index (χ0) is 17.2. The van der Waals surface area contributed by atoms with Crippen LogP contribution in [-0.2, 0) is 13.2 Å². The summed E-state index contributed by atoms with van der Waals surface area (Å²) in [7, 11) is 1.88. The maximum absolute atomic E-state index is 12.6. The first-order valence-corrected chi connectivity index (χ1v) is 7.39. The molecule has 0 saturated carbocycles. The quantitative estimate of drug-likeness (QED) is 0.592. The molecule has 2 aromatic carbocycles. The summed E-state index contributed by atoms with van der Waals surface area (Å²) in [5, 5.41) is 0.965. The predicted molar refractivity (Wildman–Crippen MR) is 89.1 cm³/mol. The first-order valence-electron chi connectivity index (χ1n) is 7.39. The Morgan fingerprint density at radius 3 is 2.09 bits per heavy atom. The third-order valence-corrected chi connectivity index (χ3v) is 3.57. The number of rotatable bonds is 1. The summed E-state index contributed by atoms with van der Waals surface area (Å²) in [6.07, 6.45) is -4.31. The van der Waals surface area contributed by atoms with Crippen molar-refractivity contribution in [2.75, 3.05) is 5.73 Å². The van der Waals surface area contributed by atoms with Gasteiger partial charge in [-0.05, 0) is 42.0 Å². The van der Waals surface area contributed by atoms with E-state index >= 15 is 0 Å². The van der Waals surface area contributed by atoms with Crippen LogP contribution >= 0.6 is 0 Å². The molecule has 23 heavy (non-hydrogen) atoms. The highest BCUT2D eigenvalue weighted by Crippen LogP contribution is 2.32. The van der Waals surface area contributed by atoms with Crippen LogP contribution in [0.4, 0.5) is 18.9 Å². The first-order chi connectivity index (χ1) is 10.9. The zero-order valence-electron chi connectivity index (χ0n) is 13.3. The van der Waals surface area contributed by atoms with E-state index in [0.717, 1.165) is 34.3 Å². The summed E-state index contributed by atoms with van der Waals surface area (Å²) < 4.78 is 39.7. The topological polar surface area (TPSA) is 30.9 Å². The van der Waals surface area contributed by atoms with Crippen molar-refractivity contribution >= 4 is 16.6 Å². The molecule has 0 aliphatic heterocycles. The van der Waals surface area contributed by atoms with Gasteiger partial charge in [-0.15, -0.1) is 0 Å². The number of hydrogen-bond acceptors (Lipinski definition) is 1. The van der Waals surface area contributed by atoms with Crippen molar-refractivity contribution in [1.82, 2.24) is 4.57 Å². The third-order valence-electron chi connectivity index (χ3n) is 3.57. The van der Waals surface area contributed by atoms with E-state index in [1.807, 2.05) is 43.7 Å². The molecule has 1 aromatic heterocycles. The molecular formula is C18H19F3N2. The van der Waals surface area contributed by atoms with E-state index in [9.17, 15) is 13.2 Å². The van der Waals surface area contributed by atoms with Crippen LogP contribution in [0.3, 0.4) is 0 Å². The number of aryl methyl sites for hydroxylation is 1. The van der Waals surface area contributed by atoms with Gasteiger partial charge in [-0.25, -0.2) is 0 Å². The number of nitrogens with zero attached hydrogens (tertiary/aromatic N) is 1. The molecule has 0 fully saturated rings. The van der Waals surface area contributed by atoms with E-state index in [0.29, 0.717) is 5.69 Å². The standard InChI is InChI=1S/C16H13F3N2.C2H6/c1-21-14-7-6-13(20)8-11(14)9-15(21)10-2-4-12(5-3-10)16(17,18)19;1-2/h2-9H,20H2,1H3;1-2H3. The van der Waals surface area contributed by atoms with Gasteiger partial charge in [-0.3, -0.25) is 0 Å². The Labute approximate surface area is 133 Å². The van der Waals surface area contributed by atoms with E-state index in [1.54, 1.807) is 6.07 Å². The molecule has 3 rings (SSSR count). The fourth-order valence-corrected chi connectivity index (χ4v) is 2.47. The minimum atomic E-state index is -4.31. The number of halogens is 3. The second kappa shape index (κ2) is 6.36. The minimum Gasteiger partial charge on any atom is -0.399 e. The highest BCUT2D eigenvalue weighted by atomic mass is 19.4. The molecule has 0 unspecified atom stereocenters. The summed E-state index contributed by atoms with van der Waals surface area (Å²) >= 11 is 0. The van der Waals surface area contributed by atoms with Gasteiger partial charge < -0.3 is 10.3 Å². The van der Waals surface area contributed by atoms with Crippen LogP contribution in [0.2, 0.25) is 0 Å². The molecule has 2 N–H and O–H groups in total. The molecule has 122 valence electrons. The molecule has 3 aromatic rings. The number of fused-ring (bicyclic) bond motifs is 1. The van der Waals surface area contributed by atoms with E-state index < -0.39 is 11.7 Å². The fourth-order valence-electron chi connectivity index (χ4n) is 2.47. The molecule has 5 heteroatoms. The Morgan fingerprint density at radius 1 is 0.913 bits per heavy atom. The van der Waals surface area contributed by atoms with Gasteiger partial charge in [0.05, 0.1) is 5.56 Å². The van der Waals surface area contributed by atoms with Crippen molar-refractivity contribution in [3.8, 4) is 11.3 Å². The van der Waals surface area contributed by atoms with Crippen LogP contribution in [0.25, 0.3) is 22.2 Å². The summed E-state index contributed by atoms with van der Waals surface area (Å²) in [5.74, 6) is 0. The van der Waals surface area contributed by atoms with Crippen LogP contribution in [-0.4, -0.2) is 4.57 Å². The molecule has 1 heterocycles. The van der Waals surface area contributed by atoms with E-state index in [4.69, 9.17) is 5.73 Å². The lowest BCUT2D eigenvalue weighted by Crippen LogP contribution is -2.04. The Balaban J connectivity index is 0.000000924. The van der Waals surface area contributed by atoms with Gasteiger partial charge in [0.15, 0.2) is 0 Å². The molecular weight excluding hydrogens is 301 g/mol. The monoisotopic (exact) mass is 320 g/mol. The molecule has 0 aliphatic rings. The Hall–Kier alpha value is -2.43. The number of nitrogen functional groups attached to an aromatic ring is 1. The lowest BCUT2D eigenvalue weighted by molar-refractivity contribution is -0.137. The van der Waals surface area contributed by atoms with Crippen LogP contribution in [0.15, 0.2) is 48.5 Å². The van der Waals surface area contributed by atoms with Gasteiger partial charge in [0.2, 0.25) is 0 Å². The number of nitrogens with two attached hydrogens (primary N) is 1. The number of alkyl halides is 3. The van der Waals surface area contributed by atoms with Crippen molar-refractivity contribution in [1.29, 1.82) is 0 Å². The smallest absolute Gasteiger partial charge is 0.399 e. The molecule has 2 nitrogen and oxygen atoms in total. The highest BCUT2D eigenvalue weighted by Gasteiger charge is 2.30. The molecule has 0 spiro atoms. The van der Waals surface area contributed by atoms with Crippen molar-refractivity contribution in [2.24, 2.45) is 7.05 Å². The van der Waals surface area contributed by atoms with E-state index in [1.165, 1.54) is 12.1 Å². The summed E-state index contributed by atoms with van der Waals surface area (Å²) in [5.41, 5.74) is 8.34. The Morgan fingerprint density at radius 2 is 1.52 bits per heavy atom. The normalized spacial score (nSPS) is 11.2. The molecule has 0 aliphatic carbocycles. The SMILES string of the molecule is CC.Cn1c(-c2ccc(C(F)(F)F)cc2)cc2cc(N)ccc21. The van der Waals surface area contributed by atoms with Crippen molar-refractivity contribution < 1.29 is 13.2 Å². The minimum absolute atomic E-state index is 0.644. The number of anilines is 1. The van der Waals surface area contributed by atoms with Crippen LogP contribution in [0.5, 0.6) is 0 Å². The maximum Gasteiger partial charge on any atom is 0.416 e. The van der Waals surface area contributed by atoms with Gasteiger partial charge in [-0.2, -0.15) is 13.2 Å². The summed E-state index contributed by atoms with van der Waals surface area (Å²) in [6, 6.07) is 12.7. The first kappa shape index (κ1) is 16.9. The van der Waals surface area contributed by atoms with Crippen LogP contribution < -0.4 is 5.73 Å². The van der Waals surface area contributed by atoms with Crippen molar-refractivity contribution in [3.05, 3.63) is 54.1 Å². The average Bonchev–Trinajstić information content (AvgIpc) is 2.85. The third kappa shape index (κ3) is 3.33. The lowest BCUT2D eigenvalue weighted by Gasteiger charge is -2.08. The Bertz CT molecular complexity index is 799. The number of hydrogen-bond donors (Lipinski definition) is 1. The number of aromatic nitrogens is 1. The van der Waals surface area contributed by atoms with Crippen molar-refractivity contribution in [2.45, 2.75) is 20.0 Å². The van der Waals surface area contributed by atoms with E-state index in [2.05, 4.69) is 0 Å². The van der Waals surface area contributed by atoms with Gasteiger partial charge in [0.25, 0.3) is 0 Å². The Kier molecular flexibility index (Phi) is 4.68. The molecule has 0 saturated heterocycles. The van der Waals surface area contributed by atoms with Crippen LogP contribution in [0, 0.1) is 0 Å². The highest BCUT2D eigenvalue weighted by molar-refractivity contribution is 5.89. The molecule has 0 amide bonds. The van der Waals surface area contributed by atoms with Crippen molar-refractivity contribution in [3.63, 3.8) is 0 Å². The molecule has 0 radical (unpaired) electrons. The predicted octanol–water partition coefficient (Wildman–Crippen LogP) is 5.47. The maximum atomic E-state index is 12.6. The second-order valence-corrected chi connectivity index (χ2v) is 4.98. The zero-order valence-corrected chi connectivity index (χ0v) is 13.3. The van der Waals surface area contributed by atoms with Gasteiger partial charge in [-0.1, -0.05) is 26.0 Å². The van der Waals surface area contributed by atoms with Crippen LogP contribution in [0.1, 0.15) is 19.4 Å². The molecule has 0 atom stereocenters. The largest absolute Gasteiger partial charge is 0.416 e. The lowest BCUT2D eigenvalue weighted by atomic mass is 10.1. The second-order valence-electron chi connectivity index (χ2n) is 4.98. The molecule has 0 bridgehead atoms. The van der Waals surface area contributed by atoms with Gasteiger partial charge in [0.1, 0.15) is 0 Å². The van der Waals surface area contributed by atoms with Gasteiger partial charge in [0, 0.05) is 29.3 Å². The summed E-state index contributed by atoms with van der Waals surface area (Å²) in [6.45, 7) is 4.00. The number of benzene rings is 2. The summed E-state index contributed by atoms with van der Waals surface area (Å²) in [4.78, 5) is 0. The van der Waals surface area contributed by atoms with Gasteiger partial charge >= 0.3 is 6.18 Å².